The first-order valence-electron chi connectivity index (χ1n) is 7.90. The van der Waals surface area contributed by atoms with Crippen molar-refractivity contribution in [2.75, 3.05) is 33.0 Å². The minimum Gasteiger partial charge on any atom is -0.493 e. The van der Waals surface area contributed by atoms with E-state index in [1.165, 1.54) is 25.8 Å². The van der Waals surface area contributed by atoms with E-state index in [9.17, 15) is 0 Å². The van der Waals surface area contributed by atoms with Gasteiger partial charge in [0.2, 0.25) is 0 Å². The van der Waals surface area contributed by atoms with E-state index in [1.807, 2.05) is 12.1 Å². The van der Waals surface area contributed by atoms with Gasteiger partial charge in [-0.25, -0.2) is 0 Å². The number of aryl methyl sites for hydroxylation is 1. The second-order valence-corrected chi connectivity index (χ2v) is 5.89. The first-order valence-corrected chi connectivity index (χ1v) is 7.90. The third-order valence-electron chi connectivity index (χ3n) is 4.48. The van der Waals surface area contributed by atoms with Crippen molar-refractivity contribution in [2.24, 2.45) is 0 Å². The smallest absolute Gasteiger partial charge is 0.162 e. The fraction of sp³-hybridized carbons (Fsp3) is 0.647. The predicted octanol–water partition coefficient (Wildman–Crippen LogP) is 3.09. The molecule has 0 saturated carbocycles. The Morgan fingerprint density at radius 2 is 1.90 bits per heavy atom. The van der Waals surface area contributed by atoms with E-state index < -0.39 is 0 Å². The van der Waals surface area contributed by atoms with E-state index in [-0.39, 0.29) is 0 Å². The van der Waals surface area contributed by atoms with Crippen molar-refractivity contribution in [2.45, 2.75) is 45.1 Å². The second kappa shape index (κ2) is 7.55. The lowest BCUT2D eigenvalue weighted by molar-refractivity contribution is 0.159. The molecule has 21 heavy (non-hydrogen) atoms. The Labute approximate surface area is 128 Å². The molecule has 0 radical (unpaired) electrons. The van der Waals surface area contributed by atoms with Gasteiger partial charge >= 0.3 is 0 Å². The number of nitrogens with zero attached hydrogens (tertiary/aromatic N) is 1. The molecule has 0 aromatic heterocycles. The number of nitrogens with two attached hydrogens (primary N) is 1. The number of anilines is 1. The Kier molecular flexibility index (Phi) is 5.74. The highest BCUT2D eigenvalue weighted by Gasteiger charge is 2.17. The molecule has 1 atom stereocenters. The summed E-state index contributed by atoms with van der Waals surface area (Å²) >= 11 is 0. The van der Waals surface area contributed by atoms with E-state index in [2.05, 4.69) is 11.8 Å². The number of piperidine rings is 1. The minimum absolute atomic E-state index is 0.698. The van der Waals surface area contributed by atoms with Crippen molar-refractivity contribution in [3.63, 3.8) is 0 Å². The number of ether oxygens (including phenoxy) is 2. The average molecular weight is 292 g/mol. The minimum atomic E-state index is 0.698. The maximum atomic E-state index is 6.12. The number of likely N-dealkylation sites (tertiary alicyclic amines) is 1. The average Bonchev–Trinajstić information content (AvgIpc) is 2.50. The molecule has 2 N–H and O–H groups in total. The highest BCUT2D eigenvalue weighted by Crippen LogP contribution is 2.32. The first kappa shape index (κ1) is 16.0. The third-order valence-corrected chi connectivity index (χ3v) is 4.48. The van der Waals surface area contributed by atoms with Crippen molar-refractivity contribution in [1.29, 1.82) is 0 Å². The molecule has 1 saturated heterocycles. The summed E-state index contributed by atoms with van der Waals surface area (Å²) in [6.45, 7) is 4.72. The molecule has 4 nitrogen and oxygen atoms in total. The third kappa shape index (κ3) is 4.03. The van der Waals surface area contributed by atoms with Crippen LogP contribution < -0.4 is 15.2 Å². The Balaban J connectivity index is 1.93. The van der Waals surface area contributed by atoms with Gasteiger partial charge in [0.05, 0.1) is 14.2 Å². The molecule has 1 aromatic rings. The van der Waals surface area contributed by atoms with Gasteiger partial charge in [-0.2, -0.15) is 0 Å². The van der Waals surface area contributed by atoms with Gasteiger partial charge in [0.15, 0.2) is 11.5 Å². The summed E-state index contributed by atoms with van der Waals surface area (Å²) in [5, 5.41) is 0. The Hall–Kier alpha value is -1.42. The van der Waals surface area contributed by atoms with Crippen LogP contribution in [0.4, 0.5) is 5.69 Å². The van der Waals surface area contributed by atoms with Crippen molar-refractivity contribution < 1.29 is 9.47 Å². The lowest BCUT2D eigenvalue weighted by Gasteiger charge is -2.33. The Bertz CT molecular complexity index is 462. The van der Waals surface area contributed by atoms with Crippen LogP contribution in [0.3, 0.4) is 0 Å². The van der Waals surface area contributed by atoms with Gasteiger partial charge in [-0.3, -0.25) is 0 Å². The molecular weight excluding hydrogens is 264 g/mol. The van der Waals surface area contributed by atoms with Crippen molar-refractivity contribution in [3.8, 4) is 11.5 Å². The molecule has 118 valence electrons. The SMILES string of the molecule is COc1cc(N)c(CCCN2CCCCC2C)cc1OC. The van der Waals surface area contributed by atoms with Gasteiger partial charge in [-0.1, -0.05) is 6.42 Å². The molecule has 2 rings (SSSR count). The van der Waals surface area contributed by atoms with Crippen molar-refractivity contribution in [1.82, 2.24) is 4.90 Å². The van der Waals surface area contributed by atoms with Gasteiger partial charge in [-0.15, -0.1) is 0 Å². The Morgan fingerprint density at radius 1 is 1.19 bits per heavy atom. The molecular formula is C17H28N2O2. The summed E-state index contributed by atoms with van der Waals surface area (Å²) in [6.07, 6.45) is 6.15. The second-order valence-electron chi connectivity index (χ2n) is 5.89. The van der Waals surface area contributed by atoms with Gasteiger partial charge in [0.1, 0.15) is 0 Å². The quantitative estimate of drug-likeness (QED) is 0.819. The van der Waals surface area contributed by atoms with Crippen LogP contribution in [0, 0.1) is 0 Å². The lowest BCUT2D eigenvalue weighted by Crippen LogP contribution is -2.38. The van der Waals surface area contributed by atoms with E-state index in [0.717, 1.165) is 42.4 Å². The highest BCUT2D eigenvalue weighted by molar-refractivity contribution is 5.58. The van der Waals surface area contributed by atoms with Crippen LogP contribution in [0.2, 0.25) is 0 Å². The molecule has 1 aliphatic heterocycles. The molecule has 0 amide bonds. The molecule has 1 unspecified atom stereocenters. The topological polar surface area (TPSA) is 47.7 Å². The predicted molar refractivity (Wildman–Crippen MR) is 87.2 cm³/mol. The molecule has 4 heteroatoms. The molecule has 0 spiro atoms. The number of hydrogen-bond acceptors (Lipinski definition) is 4. The van der Waals surface area contributed by atoms with E-state index >= 15 is 0 Å². The van der Waals surface area contributed by atoms with Crippen molar-refractivity contribution >= 4 is 5.69 Å². The molecule has 1 aliphatic rings. The molecule has 1 heterocycles. The zero-order valence-corrected chi connectivity index (χ0v) is 13.5. The zero-order chi connectivity index (χ0) is 15.2. The van der Waals surface area contributed by atoms with Crippen LogP contribution in [0.5, 0.6) is 11.5 Å². The molecule has 1 fully saturated rings. The number of hydrogen-bond donors (Lipinski definition) is 1. The number of benzene rings is 1. The van der Waals surface area contributed by atoms with E-state index in [0.29, 0.717) is 5.75 Å². The van der Waals surface area contributed by atoms with Gasteiger partial charge in [0.25, 0.3) is 0 Å². The summed E-state index contributed by atoms with van der Waals surface area (Å²) in [4.78, 5) is 2.60. The fourth-order valence-corrected chi connectivity index (χ4v) is 3.12. The van der Waals surface area contributed by atoms with Gasteiger partial charge < -0.3 is 20.1 Å². The summed E-state index contributed by atoms with van der Waals surface area (Å²) in [5.41, 5.74) is 8.06. The maximum absolute atomic E-state index is 6.12. The first-order chi connectivity index (χ1) is 10.2. The van der Waals surface area contributed by atoms with E-state index in [4.69, 9.17) is 15.2 Å². The van der Waals surface area contributed by atoms with Crippen LogP contribution >= 0.6 is 0 Å². The molecule has 1 aromatic carbocycles. The van der Waals surface area contributed by atoms with E-state index in [1.54, 1.807) is 14.2 Å². The van der Waals surface area contributed by atoms with Gasteiger partial charge in [-0.05, 0) is 57.3 Å². The largest absolute Gasteiger partial charge is 0.493 e. The van der Waals surface area contributed by atoms with Crippen LogP contribution in [0.15, 0.2) is 12.1 Å². The maximum Gasteiger partial charge on any atom is 0.162 e. The normalized spacial score (nSPS) is 19.5. The van der Waals surface area contributed by atoms with Crippen LogP contribution in [0.1, 0.15) is 38.2 Å². The number of rotatable bonds is 6. The number of methoxy groups -OCH3 is 2. The fourth-order valence-electron chi connectivity index (χ4n) is 3.12. The van der Waals surface area contributed by atoms with Crippen LogP contribution in [-0.4, -0.2) is 38.3 Å². The van der Waals surface area contributed by atoms with Crippen LogP contribution in [-0.2, 0) is 6.42 Å². The molecule has 0 aliphatic carbocycles. The summed E-state index contributed by atoms with van der Waals surface area (Å²) in [6, 6.07) is 4.59. The molecule has 0 bridgehead atoms. The highest BCUT2D eigenvalue weighted by atomic mass is 16.5. The van der Waals surface area contributed by atoms with Crippen molar-refractivity contribution in [3.05, 3.63) is 17.7 Å². The van der Waals surface area contributed by atoms with Gasteiger partial charge in [0, 0.05) is 17.8 Å². The summed E-state index contributed by atoms with van der Waals surface area (Å²) in [7, 11) is 3.29. The standard InChI is InChI=1S/C17H28N2O2/c1-13-7-4-5-9-19(13)10-6-8-14-11-16(20-2)17(21-3)12-15(14)18/h11-13H,4-10,18H2,1-3H3. The Morgan fingerprint density at radius 3 is 2.57 bits per heavy atom. The van der Waals surface area contributed by atoms with Crippen LogP contribution in [0.25, 0.3) is 0 Å². The number of nitrogen functional groups attached to an aromatic ring is 1. The lowest BCUT2D eigenvalue weighted by atomic mass is 10.0. The summed E-state index contributed by atoms with van der Waals surface area (Å²) < 4.78 is 10.6. The summed E-state index contributed by atoms with van der Waals surface area (Å²) in [5.74, 6) is 1.46. The zero-order valence-electron chi connectivity index (χ0n) is 13.5. The monoisotopic (exact) mass is 292 g/mol.